The predicted octanol–water partition coefficient (Wildman–Crippen LogP) is 1.72. The summed E-state index contributed by atoms with van der Waals surface area (Å²) in [6, 6.07) is 6.87. The lowest BCUT2D eigenvalue weighted by molar-refractivity contribution is -0.124. The summed E-state index contributed by atoms with van der Waals surface area (Å²) < 4.78 is 0.639. The van der Waals surface area contributed by atoms with Gasteiger partial charge in [-0.15, -0.1) is 0 Å². The van der Waals surface area contributed by atoms with Gasteiger partial charge in [-0.3, -0.25) is 9.59 Å². The summed E-state index contributed by atoms with van der Waals surface area (Å²) in [6.07, 6.45) is 0. The minimum Gasteiger partial charge on any atom is -0.342 e. The van der Waals surface area contributed by atoms with E-state index in [1.807, 2.05) is 0 Å². The number of carbonyl (C=O) groups excluding carboxylic acids is 2. The number of likely N-dealkylation sites (N-methyl/N-ethyl adjacent to an activating group) is 1. The Bertz CT molecular complexity index is 374. The van der Waals surface area contributed by atoms with Crippen LogP contribution in [0.4, 0.5) is 0 Å². The minimum atomic E-state index is -0.517. The van der Waals surface area contributed by atoms with E-state index in [0.29, 0.717) is 10.0 Å². The van der Waals surface area contributed by atoms with Crippen molar-refractivity contribution in [2.24, 2.45) is 0 Å². The van der Waals surface area contributed by atoms with Crippen molar-refractivity contribution in [3.8, 4) is 0 Å². The maximum Gasteiger partial charge on any atom is 0.294 e. The molecule has 14 heavy (non-hydrogen) atoms. The van der Waals surface area contributed by atoms with Crippen LogP contribution in [0.5, 0.6) is 0 Å². The smallest absolute Gasteiger partial charge is 0.294 e. The second-order valence-electron chi connectivity index (χ2n) is 3.01. The molecule has 0 aliphatic rings. The Morgan fingerprint density at radius 2 is 1.79 bits per heavy atom. The summed E-state index contributed by atoms with van der Waals surface area (Å²) in [7, 11) is 3.11. The largest absolute Gasteiger partial charge is 0.342 e. The van der Waals surface area contributed by atoms with Gasteiger partial charge in [0.1, 0.15) is 0 Å². The molecule has 0 aliphatic heterocycles. The highest BCUT2D eigenvalue weighted by molar-refractivity contribution is 9.10. The fraction of sp³-hybridized carbons (Fsp3) is 0.200. The van der Waals surface area contributed by atoms with Crippen LogP contribution in [0, 0.1) is 0 Å². The number of carbonyl (C=O) groups is 2. The third-order valence-electron chi connectivity index (χ3n) is 1.72. The maximum absolute atomic E-state index is 11.6. The lowest BCUT2D eigenvalue weighted by atomic mass is 10.1. The Kier molecular flexibility index (Phi) is 3.41. The number of nitrogens with zero attached hydrogens (tertiary/aromatic N) is 1. The van der Waals surface area contributed by atoms with Gasteiger partial charge in [0.25, 0.3) is 11.7 Å². The van der Waals surface area contributed by atoms with Crippen molar-refractivity contribution in [2.45, 2.75) is 0 Å². The quantitative estimate of drug-likeness (QED) is 0.596. The lowest BCUT2D eigenvalue weighted by Gasteiger charge is -2.09. The van der Waals surface area contributed by atoms with Gasteiger partial charge in [0, 0.05) is 24.1 Å². The molecule has 0 fully saturated rings. The number of ketones is 1. The third kappa shape index (κ3) is 2.20. The molecule has 1 aromatic carbocycles. The second-order valence-corrected chi connectivity index (χ2v) is 3.86. The molecule has 0 aliphatic carbocycles. The van der Waals surface area contributed by atoms with Crippen LogP contribution in [-0.2, 0) is 4.79 Å². The molecule has 74 valence electrons. The van der Waals surface area contributed by atoms with E-state index in [-0.39, 0.29) is 0 Å². The SMILES string of the molecule is CN(C)C(=O)C(=O)c1ccccc1Br. The van der Waals surface area contributed by atoms with Crippen molar-refractivity contribution in [2.75, 3.05) is 14.1 Å². The van der Waals surface area contributed by atoms with Crippen LogP contribution in [0.25, 0.3) is 0 Å². The van der Waals surface area contributed by atoms with Crippen LogP contribution >= 0.6 is 15.9 Å². The summed E-state index contributed by atoms with van der Waals surface area (Å²) in [6.45, 7) is 0. The Morgan fingerprint density at radius 3 is 2.29 bits per heavy atom. The number of hydrogen-bond acceptors (Lipinski definition) is 2. The molecule has 0 bridgehead atoms. The van der Waals surface area contributed by atoms with E-state index in [2.05, 4.69) is 15.9 Å². The summed E-state index contributed by atoms with van der Waals surface area (Å²) in [5, 5.41) is 0. The Morgan fingerprint density at radius 1 is 1.21 bits per heavy atom. The third-order valence-corrected chi connectivity index (χ3v) is 2.41. The molecule has 0 radical (unpaired) electrons. The first-order valence-electron chi connectivity index (χ1n) is 4.04. The van der Waals surface area contributed by atoms with Gasteiger partial charge in [0.15, 0.2) is 0 Å². The molecule has 3 nitrogen and oxygen atoms in total. The van der Waals surface area contributed by atoms with E-state index < -0.39 is 11.7 Å². The second kappa shape index (κ2) is 4.37. The van der Waals surface area contributed by atoms with Crippen LogP contribution in [-0.4, -0.2) is 30.7 Å². The van der Waals surface area contributed by atoms with E-state index in [0.717, 1.165) is 0 Å². The molecule has 0 aromatic heterocycles. The van der Waals surface area contributed by atoms with Gasteiger partial charge in [0.2, 0.25) is 0 Å². The number of hydrogen-bond donors (Lipinski definition) is 0. The van der Waals surface area contributed by atoms with Crippen molar-refractivity contribution in [1.29, 1.82) is 0 Å². The van der Waals surface area contributed by atoms with Crippen LogP contribution in [0.2, 0.25) is 0 Å². The predicted molar refractivity (Wildman–Crippen MR) is 57.2 cm³/mol. The first kappa shape index (κ1) is 10.9. The summed E-state index contributed by atoms with van der Waals surface area (Å²) in [5.74, 6) is -1.01. The standard InChI is InChI=1S/C10H10BrNO2/c1-12(2)10(14)9(13)7-5-3-4-6-8(7)11/h3-6H,1-2H3. The molecule has 0 saturated heterocycles. The molecule has 1 amide bonds. The topological polar surface area (TPSA) is 37.4 Å². The zero-order valence-electron chi connectivity index (χ0n) is 7.95. The van der Waals surface area contributed by atoms with Crippen LogP contribution < -0.4 is 0 Å². The number of amides is 1. The minimum absolute atomic E-state index is 0.395. The number of Topliss-reactive ketones (excluding diaryl/α,β-unsaturated/α-hetero) is 1. The molecule has 0 unspecified atom stereocenters. The van der Waals surface area contributed by atoms with E-state index in [1.165, 1.54) is 4.90 Å². The molecular formula is C10H10BrNO2. The van der Waals surface area contributed by atoms with Gasteiger partial charge in [-0.1, -0.05) is 28.1 Å². The highest BCUT2D eigenvalue weighted by Crippen LogP contribution is 2.16. The van der Waals surface area contributed by atoms with Gasteiger partial charge in [-0.05, 0) is 12.1 Å². The molecule has 0 N–H and O–H groups in total. The van der Waals surface area contributed by atoms with E-state index in [1.54, 1.807) is 38.4 Å². The van der Waals surface area contributed by atoms with Crippen LogP contribution in [0.15, 0.2) is 28.7 Å². The van der Waals surface area contributed by atoms with Gasteiger partial charge in [-0.25, -0.2) is 0 Å². The first-order valence-corrected chi connectivity index (χ1v) is 4.84. The molecule has 0 heterocycles. The zero-order valence-corrected chi connectivity index (χ0v) is 9.54. The van der Waals surface area contributed by atoms with E-state index >= 15 is 0 Å². The maximum atomic E-state index is 11.6. The molecule has 0 atom stereocenters. The normalized spacial score (nSPS) is 9.64. The Hall–Kier alpha value is -1.16. The average molecular weight is 256 g/mol. The molecule has 1 rings (SSSR count). The lowest BCUT2D eigenvalue weighted by Crippen LogP contribution is -2.30. The zero-order chi connectivity index (χ0) is 10.7. The van der Waals surface area contributed by atoms with Crippen molar-refractivity contribution < 1.29 is 9.59 Å². The molecule has 1 aromatic rings. The van der Waals surface area contributed by atoms with Gasteiger partial charge >= 0.3 is 0 Å². The highest BCUT2D eigenvalue weighted by atomic mass is 79.9. The molecule has 0 spiro atoms. The van der Waals surface area contributed by atoms with Gasteiger partial charge < -0.3 is 4.90 Å². The van der Waals surface area contributed by atoms with Crippen molar-refractivity contribution in [3.63, 3.8) is 0 Å². The average Bonchev–Trinajstić information content (AvgIpc) is 2.16. The summed E-state index contributed by atoms with van der Waals surface area (Å²) in [4.78, 5) is 24.2. The summed E-state index contributed by atoms with van der Waals surface area (Å²) in [5.41, 5.74) is 0.395. The number of rotatable bonds is 2. The van der Waals surface area contributed by atoms with Gasteiger partial charge in [-0.2, -0.15) is 0 Å². The fourth-order valence-electron chi connectivity index (χ4n) is 0.964. The monoisotopic (exact) mass is 255 g/mol. The van der Waals surface area contributed by atoms with Crippen molar-refractivity contribution >= 4 is 27.6 Å². The van der Waals surface area contributed by atoms with Gasteiger partial charge in [0.05, 0.1) is 0 Å². The highest BCUT2D eigenvalue weighted by Gasteiger charge is 2.19. The van der Waals surface area contributed by atoms with Crippen LogP contribution in [0.1, 0.15) is 10.4 Å². The van der Waals surface area contributed by atoms with E-state index in [9.17, 15) is 9.59 Å². The Balaban J connectivity index is 3.02. The van der Waals surface area contributed by atoms with E-state index in [4.69, 9.17) is 0 Å². The molecular weight excluding hydrogens is 246 g/mol. The summed E-state index contributed by atoms with van der Waals surface area (Å²) >= 11 is 3.22. The molecule has 4 heteroatoms. The van der Waals surface area contributed by atoms with Crippen molar-refractivity contribution in [3.05, 3.63) is 34.3 Å². The van der Waals surface area contributed by atoms with Crippen LogP contribution in [0.3, 0.4) is 0 Å². The fourth-order valence-corrected chi connectivity index (χ4v) is 1.43. The number of benzene rings is 1. The van der Waals surface area contributed by atoms with Crippen molar-refractivity contribution in [1.82, 2.24) is 4.90 Å². The molecule has 0 saturated carbocycles. The number of halogens is 1. The Labute approximate surface area is 90.8 Å². The first-order chi connectivity index (χ1) is 6.54.